The van der Waals surface area contributed by atoms with E-state index in [9.17, 15) is 19.2 Å². The first-order valence-corrected chi connectivity index (χ1v) is 9.36. The molecule has 2 aromatic heterocycles. The number of ether oxygens (including phenoxy) is 1. The van der Waals surface area contributed by atoms with Crippen LogP contribution in [0.2, 0.25) is 0 Å². The summed E-state index contributed by atoms with van der Waals surface area (Å²) in [6, 6.07) is 10.6. The van der Waals surface area contributed by atoms with Crippen LogP contribution in [0.3, 0.4) is 0 Å². The largest absolute Gasteiger partial charge is 0.481 e. The van der Waals surface area contributed by atoms with Gasteiger partial charge in [-0.1, -0.05) is 30.3 Å². The van der Waals surface area contributed by atoms with E-state index in [2.05, 4.69) is 0 Å². The zero-order valence-electron chi connectivity index (χ0n) is 15.1. The summed E-state index contributed by atoms with van der Waals surface area (Å²) in [6.07, 6.45) is 0.0143. The van der Waals surface area contributed by atoms with Crippen molar-refractivity contribution in [3.63, 3.8) is 0 Å². The van der Waals surface area contributed by atoms with Gasteiger partial charge in [0, 0.05) is 20.0 Å². The Labute approximate surface area is 163 Å². The summed E-state index contributed by atoms with van der Waals surface area (Å²) in [5, 5.41) is 8.96. The maximum absolute atomic E-state index is 12.6. The fourth-order valence-corrected chi connectivity index (χ4v) is 3.76. The van der Waals surface area contributed by atoms with E-state index in [-0.39, 0.29) is 36.3 Å². The summed E-state index contributed by atoms with van der Waals surface area (Å²) < 4.78 is 7.57. The maximum Gasteiger partial charge on any atom is 0.348 e. The van der Waals surface area contributed by atoms with Gasteiger partial charge in [0.25, 0.3) is 5.56 Å². The molecule has 0 atom stereocenters. The molecular formula is C19H18N2O6S. The number of carbonyl (C=O) groups is 2. The SMILES string of the molecule is Cn1c(=O)n(CCCC(=O)O)c(=O)c2cc(C(=O)OCc3ccccc3)sc21. The third kappa shape index (κ3) is 4.04. The van der Waals surface area contributed by atoms with Crippen molar-refractivity contribution in [1.29, 1.82) is 0 Å². The van der Waals surface area contributed by atoms with Crippen molar-refractivity contribution in [2.24, 2.45) is 7.05 Å². The number of hydrogen-bond acceptors (Lipinski definition) is 6. The van der Waals surface area contributed by atoms with E-state index in [0.29, 0.717) is 4.83 Å². The Morgan fingerprint density at radius 2 is 1.89 bits per heavy atom. The highest BCUT2D eigenvalue weighted by molar-refractivity contribution is 7.20. The molecule has 0 saturated heterocycles. The number of carboxylic acids is 1. The van der Waals surface area contributed by atoms with E-state index in [1.54, 1.807) is 0 Å². The van der Waals surface area contributed by atoms with Gasteiger partial charge < -0.3 is 9.84 Å². The van der Waals surface area contributed by atoms with Gasteiger partial charge in [-0.15, -0.1) is 11.3 Å². The Morgan fingerprint density at radius 1 is 1.18 bits per heavy atom. The number of rotatable bonds is 7. The van der Waals surface area contributed by atoms with Gasteiger partial charge in [0.05, 0.1) is 5.39 Å². The van der Waals surface area contributed by atoms with E-state index >= 15 is 0 Å². The lowest BCUT2D eigenvalue weighted by Gasteiger charge is -2.07. The molecule has 28 heavy (non-hydrogen) atoms. The second-order valence-corrected chi connectivity index (χ2v) is 7.22. The molecule has 0 aliphatic heterocycles. The van der Waals surface area contributed by atoms with Crippen LogP contribution in [0, 0.1) is 0 Å². The molecule has 8 nitrogen and oxygen atoms in total. The molecule has 3 aromatic rings. The molecule has 0 amide bonds. The quantitative estimate of drug-likeness (QED) is 0.606. The van der Waals surface area contributed by atoms with Gasteiger partial charge >= 0.3 is 17.6 Å². The Balaban J connectivity index is 1.88. The smallest absolute Gasteiger partial charge is 0.348 e. The maximum atomic E-state index is 12.6. The monoisotopic (exact) mass is 402 g/mol. The molecule has 146 valence electrons. The van der Waals surface area contributed by atoms with Crippen molar-refractivity contribution in [1.82, 2.24) is 9.13 Å². The topological polar surface area (TPSA) is 108 Å². The van der Waals surface area contributed by atoms with Crippen LogP contribution in [0.4, 0.5) is 0 Å². The lowest BCUT2D eigenvalue weighted by molar-refractivity contribution is -0.137. The molecule has 0 radical (unpaired) electrons. The summed E-state index contributed by atoms with van der Waals surface area (Å²) in [6.45, 7) is 0.101. The molecule has 9 heteroatoms. The lowest BCUT2D eigenvalue weighted by atomic mass is 10.2. The highest BCUT2D eigenvalue weighted by Crippen LogP contribution is 2.23. The van der Waals surface area contributed by atoms with Gasteiger partial charge in [-0.3, -0.25) is 18.7 Å². The van der Waals surface area contributed by atoms with Crippen molar-refractivity contribution < 1.29 is 19.4 Å². The van der Waals surface area contributed by atoms with Gasteiger partial charge in [-0.2, -0.15) is 0 Å². The van der Waals surface area contributed by atoms with E-state index in [0.717, 1.165) is 21.5 Å². The van der Waals surface area contributed by atoms with Crippen molar-refractivity contribution >= 4 is 33.5 Å². The Hall–Kier alpha value is -3.20. The first-order valence-electron chi connectivity index (χ1n) is 8.54. The zero-order valence-corrected chi connectivity index (χ0v) is 15.9. The number of thiophene rings is 1. The van der Waals surface area contributed by atoms with Crippen molar-refractivity contribution in [3.05, 3.63) is 67.7 Å². The van der Waals surface area contributed by atoms with Crippen LogP contribution in [-0.2, 0) is 29.7 Å². The first-order chi connectivity index (χ1) is 13.4. The molecule has 0 unspecified atom stereocenters. The number of aromatic nitrogens is 2. The minimum Gasteiger partial charge on any atom is -0.481 e. The van der Waals surface area contributed by atoms with Crippen molar-refractivity contribution in [2.45, 2.75) is 26.0 Å². The molecule has 0 saturated carbocycles. The lowest BCUT2D eigenvalue weighted by Crippen LogP contribution is -2.38. The molecule has 3 rings (SSSR count). The normalized spacial score (nSPS) is 10.9. The Kier molecular flexibility index (Phi) is 5.74. The third-order valence-electron chi connectivity index (χ3n) is 4.20. The molecule has 0 spiro atoms. The molecule has 0 bridgehead atoms. The number of benzene rings is 1. The van der Waals surface area contributed by atoms with Crippen LogP contribution >= 0.6 is 11.3 Å². The van der Waals surface area contributed by atoms with E-state index < -0.39 is 23.2 Å². The molecule has 1 aromatic carbocycles. The van der Waals surface area contributed by atoms with Crippen LogP contribution in [-0.4, -0.2) is 26.2 Å². The van der Waals surface area contributed by atoms with Gasteiger partial charge in [-0.05, 0) is 18.1 Å². The summed E-state index contributed by atoms with van der Waals surface area (Å²) in [5.74, 6) is -1.57. The van der Waals surface area contributed by atoms with E-state index in [1.807, 2.05) is 30.3 Å². The number of aliphatic carboxylic acids is 1. The molecule has 0 aliphatic rings. The summed E-state index contributed by atoms with van der Waals surface area (Å²) in [7, 11) is 1.51. The average Bonchev–Trinajstić information content (AvgIpc) is 3.13. The van der Waals surface area contributed by atoms with Crippen molar-refractivity contribution in [3.8, 4) is 0 Å². The number of nitrogens with zero attached hydrogens (tertiary/aromatic N) is 2. The van der Waals surface area contributed by atoms with Crippen LogP contribution in [0.25, 0.3) is 10.2 Å². The predicted molar refractivity (Wildman–Crippen MR) is 104 cm³/mol. The number of hydrogen-bond donors (Lipinski definition) is 1. The number of fused-ring (bicyclic) bond motifs is 1. The highest BCUT2D eigenvalue weighted by atomic mass is 32.1. The van der Waals surface area contributed by atoms with Crippen LogP contribution < -0.4 is 11.2 Å². The Bertz CT molecular complexity index is 1140. The fraction of sp³-hybridized carbons (Fsp3) is 0.263. The second kappa shape index (κ2) is 8.22. The van der Waals surface area contributed by atoms with Crippen molar-refractivity contribution in [2.75, 3.05) is 0 Å². The minimum atomic E-state index is -0.995. The van der Waals surface area contributed by atoms with Crippen LogP contribution in [0.5, 0.6) is 0 Å². The Morgan fingerprint density at radius 3 is 2.57 bits per heavy atom. The average molecular weight is 402 g/mol. The standard InChI is InChI=1S/C19H18N2O6S/c1-20-17-13(16(24)21(19(20)26)9-5-8-15(22)23)10-14(28-17)18(25)27-11-12-6-3-2-4-7-12/h2-4,6-7,10H,5,8-9,11H2,1H3,(H,22,23). The summed E-state index contributed by atoms with van der Waals surface area (Å²) >= 11 is 1.01. The first kappa shape index (κ1) is 19.6. The number of aryl methyl sites for hydroxylation is 1. The molecular weight excluding hydrogens is 384 g/mol. The second-order valence-electron chi connectivity index (χ2n) is 6.19. The van der Waals surface area contributed by atoms with Gasteiger partial charge in [0.1, 0.15) is 16.3 Å². The van der Waals surface area contributed by atoms with Gasteiger partial charge in [0.15, 0.2) is 0 Å². The van der Waals surface area contributed by atoms with Gasteiger partial charge in [0.2, 0.25) is 0 Å². The molecule has 1 N–H and O–H groups in total. The number of carboxylic acid groups (broad SMARTS) is 1. The predicted octanol–water partition coefficient (Wildman–Crippen LogP) is 1.98. The van der Waals surface area contributed by atoms with Crippen LogP contribution in [0.15, 0.2) is 46.0 Å². The molecule has 0 aliphatic carbocycles. The molecule has 2 heterocycles. The van der Waals surface area contributed by atoms with Gasteiger partial charge in [-0.25, -0.2) is 9.59 Å². The summed E-state index contributed by atoms with van der Waals surface area (Å²) in [5.41, 5.74) is -0.249. The van der Waals surface area contributed by atoms with Crippen LogP contribution in [0.1, 0.15) is 28.1 Å². The summed E-state index contributed by atoms with van der Waals surface area (Å²) in [4.78, 5) is 48.7. The minimum absolute atomic E-state index is 0.00260. The number of esters is 1. The third-order valence-corrected chi connectivity index (χ3v) is 5.39. The fourth-order valence-electron chi connectivity index (χ4n) is 2.76. The van der Waals surface area contributed by atoms with E-state index in [4.69, 9.17) is 9.84 Å². The van der Waals surface area contributed by atoms with E-state index in [1.165, 1.54) is 17.7 Å². The zero-order chi connectivity index (χ0) is 20.3. The number of carbonyl (C=O) groups excluding carboxylic acids is 1. The highest BCUT2D eigenvalue weighted by Gasteiger charge is 2.18. The molecule has 0 fully saturated rings.